The predicted octanol–water partition coefficient (Wildman–Crippen LogP) is 0.000800. The van der Waals surface area contributed by atoms with Gasteiger partial charge in [0.2, 0.25) is 11.6 Å². The van der Waals surface area contributed by atoms with E-state index in [2.05, 4.69) is 25.6 Å². The molecule has 2 heterocycles. The Morgan fingerprint density at radius 1 is 1.26 bits per heavy atom. The van der Waals surface area contributed by atoms with Crippen LogP contribution in [-0.2, 0) is 0 Å². The minimum absolute atomic E-state index is 0.135. The van der Waals surface area contributed by atoms with Crippen LogP contribution >= 0.6 is 0 Å². The quantitative estimate of drug-likeness (QED) is 0.581. The van der Waals surface area contributed by atoms with Crippen LogP contribution in [0.2, 0.25) is 0 Å². The fraction of sp³-hybridized carbons (Fsp3) is 0.600. The number of hydrazine groups is 1. The van der Waals surface area contributed by atoms with E-state index in [0.29, 0.717) is 0 Å². The molecule has 0 radical (unpaired) electrons. The lowest BCUT2D eigenvalue weighted by molar-refractivity contribution is -0.383. The number of aromatic nitrogens is 2. The monoisotopic (exact) mass is 267 g/mol. The van der Waals surface area contributed by atoms with Crippen LogP contribution in [-0.4, -0.2) is 65.1 Å². The summed E-state index contributed by atoms with van der Waals surface area (Å²) in [6, 6.07) is 0. The van der Waals surface area contributed by atoms with E-state index < -0.39 is 4.92 Å². The van der Waals surface area contributed by atoms with E-state index in [4.69, 9.17) is 0 Å². The highest BCUT2D eigenvalue weighted by Crippen LogP contribution is 2.28. The SMILES string of the molecule is CNc1ncnc(NN2CCN(C)CC2)c1[N+](=O)[O-]. The topological polar surface area (TPSA) is 99.5 Å². The molecule has 1 aliphatic rings. The summed E-state index contributed by atoms with van der Waals surface area (Å²) in [6.07, 6.45) is 1.30. The zero-order chi connectivity index (χ0) is 13.8. The Hall–Kier alpha value is -2.00. The van der Waals surface area contributed by atoms with Crippen molar-refractivity contribution < 1.29 is 4.92 Å². The second kappa shape index (κ2) is 5.76. The van der Waals surface area contributed by atoms with Crippen molar-refractivity contribution in [3.8, 4) is 0 Å². The minimum Gasteiger partial charge on any atom is -0.367 e. The molecule has 9 nitrogen and oxygen atoms in total. The van der Waals surface area contributed by atoms with E-state index in [1.807, 2.05) is 12.1 Å². The van der Waals surface area contributed by atoms with Gasteiger partial charge in [-0.2, -0.15) is 0 Å². The smallest absolute Gasteiger partial charge is 0.354 e. The summed E-state index contributed by atoms with van der Waals surface area (Å²) in [5.74, 6) is 0.422. The predicted molar refractivity (Wildman–Crippen MR) is 70.9 cm³/mol. The van der Waals surface area contributed by atoms with E-state index in [0.717, 1.165) is 26.2 Å². The van der Waals surface area contributed by atoms with Crippen LogP contribution in [0.5, 0.6) is 0 Å². The van der Waals surface area contributed by atoms with Gasteiger partial charge in [-0.25, -0.2) is 15.0 Å². The molecule has 0 aromatic carbocycles. The number of hydrogen-bond donors (Lipinski definition) is 2. The first-order valence-electron chi connectivity index (χ1n) is 5.99. The number of nitrogens with one attached hydrogen (secondary N) is 2. The van der Waals surface area contributed by atoms with Crippen LogP contribution in [0, 0.1) is 10.1 Å². The third-order valence-corrected chi connectivity index (χ3v) is 3.01. The molecular weight excluding hydrogens is 250 g/mol. The maximum atomic E-state index is 11.1. The van der Waals surface area contributed by atoms with E-state index >= 15 is 0 Å². The first kappa shape index (κ1) is 13.4. The van der Waals surface area contributed by atoms with Crippen molar-refractivity contribution >= 4 is 17.3 Å². The van der Waals surface area contributed by atoms with Crippen molar-refractivity contribution in [1.29, 1.82) is 0 Å². The van der Waals surface area contributed by atoms with Gasteiger partial charge in [-0.05, 0) is 7.05 Å². The standard InChI is InChI=1S/C10H17N7O2/c1-11-9-8(17(18)19)10(13-7-12-9)14-16-5-3-15(2)4-6-16/h7H,3-6H2,1-2H3,(H2,11,12,13,14). The fourth-order valence-corrected chi connectivity index (χ4v) is 1.88. The van der Waals surface area contributed by atoms with Crippen LogP contribution in [0.25, 0.3) is 0 Å². The summed E-state index contributed by atoms with van der Waals surface area (Å²) in [7, 11) is 3.64. The first-order chi connectivity index (χ1) is 9.11. The van der Waals surface area contributed by atoms with Crippen LogP contribution < -0.4 is 10.7 Å². The van der Waals surface area contributed by atoms with Crippen molar-refractivity contribution in [2.24, 2.45) is 0 Å². The molecule has 9 heteroatoms. The van der Waals surface area contributed by atoms with E-state index in [9.17, 15) is 10.1 Å². The second-order valence-corrected chi connectivity index (χ2v) is 4.33. The van der Waals surface area contributed by atoms with Gasteiger partial charge in [0.1, 0.15) is 6.33 Å². The molecule has 1 fully saturated rings. The van der Waals surface area contributed by atoms with Crippen LogP contribution in [0.3, 0.4) is 0 Å². The number of anilines is 2. The highest BCUT2D eigenvalue weighted by molar-refractivity contribution is 5.68. The summed E-state index contributed by atoms with van der Waals surface area (Å²) in [4.78, 5) is 20.6. The maximum Gasteiger partial charge on any atom is 0.354 e. The molecule has 1 saturated heterocycles. The summed E-state index contributed by atoms with van der Waals surface area (Å²) in [6.45, 7) is 3.38. The molecule has 1 aliphatic heterocycles. The number of rotatable bonds is 4. The van der Waals surface area contributed by atoms with Crippen LogP contribution in [0.4, 0.5) is 17.3 Å². The lowest BCUT2D eigenvalue weighted by Gasteiger charge is -2.32. The molecule has 0 atom stereocenters. The number of piperazine rings is 1. The van der Waals surface area contributed by atoms with Gasteiger partial charge in [-0.1, -0.05) is 0 Å². The first-order valence-corrected chi connectivity index (χ1v) is 5.99. The van der Waals surface area contributed by atoms with Gasteiger partial charge < -0.3 is 10.2 Å². The average Bonchev–Trinajstić information content (AvgIpc) is 2.40. The minimum atomic E-state index is -0.482. The third kappa shape index (κ3) is 3.06. The molecule has 2 rings (SSSR count). The number of likely N-dealkylation sites (N-methyl/N-ethyl adjacent to an activating group) is 1. The molecule has 0 amide bonds. The molecule has 1 aromatic heterocycles. The van der Waals surface area contributed by atoms with Gasteiger partial charge in [-0.15, -0.1) is 0 Å². The fourth-order valence-electron chi connectivity index (χ4n) is 1.88. The van der Waals surface area contributed by atoms with Crippen LogP contribution in [0.15, 0.2) is 6.33 Å². The zero-order valence-corrected chi connectivity index (χ0v) is 11.0. The van der Waals surface area contributed by atoms with Crippen molar-refractivity contribution in [1.82, 2.24) is 19.9 Å². The molecule has 0 aliphatic carbocycles. The molecule has 104 valence electrons. The second-order valence-electron chi connectivity index (χ2n) is 4.33. The highest BCUT2D eigenvalue weighted by atomic mass is 16.6. The van der Waals surface area contributed by atoms with Crippen molar-refractivity contribution in [3.63, 3.8) is 0 Å². The van der Waals surface area contributed by atoms with Gasteiger partial charge in [0.25, 0.3) is 0 Å². The average molecular weight is 267 g/mol. The number of nitrogens with zero attached hydrogens (tertiary/aromatic N) is 5. The highest BCUT2D eigenvalue weighted by Gasteiger charge is 2.24. The van der Waals surface area contributed by atoms with Gasteiger partial charge in [0.15, 0.2) is 0 Å². The Bertz CT molecular complexity index is 459. The molecule has 0 unspecified atom stereocenters. The Balaban J connectivity index is 2.17. The Morgan fingerprint density at radius 3 is 2.47 bits per heavy atom. The lowest BCUT2D eigenvalue weighted by Crippen LogP contribution is -2.47. The van der Waals surface area contributed by atoms with Crippen molar-refractivity contribution in [3.05, 3.63) is 16.4 Å². The summed E-state index contributed by atoms with van der Waals surface area (Å²) in [5, 5.41) is 15.7. The van der Waals surface area contributed by atoms with Crippen molar-refractivity contribution in [2.75, 3.05) is 51.0 Å². The third-order valence-electron chi connectivity index (χ3n) is 3.01. The van der Waals surface area contributed by atoms with E-state index in [1.165, 1.54) is 6.33 Å². The molecule has 0 spiro atoms. The summed E-state index contributed by atoms with van der Waals surface area (Å²) < 4.78 is 0. The Labute approximate surface area is 110 Å². The van der Waals surface area contributed by atoms with Gasteiger partial charge in [0.05, 0.1) is 4.92 Å². The molecule has 19 heavy (non-hydrogen) atoms. The lowest BCUT2D eigenvalue weighted by atomic mass is 10.4. The van der Waals surface area contributed by atoms with Crippen molar-refractivity contribution in [2.45, 2.75) is 0 Å². The molecule has 0 bridgehead atoms. The van der Waals surface area contributed by atoms with Gasteiger partial charge >= 0.3 is 5.69 Å². The molecule has 2 N–H and O–H groups in total. The summed E-state index contributed by atoms with van der Waals surface area (Å²) in [5.41, 5.74) is 2.86. The zero-order valence-electron chi connectivity index (χ0n) is 11.0. The van der Waals surface area contributed by atoms with E-state index in [1.54, 1.807) is 7.05 Å². The van der Waals surface area contributed by atoms with Gasteiger partial charge in [-0.3, -0.25) is 15.5 Å². The normalized spacial score (nSPS) is 17.2. The largest absolute Gasteiger partial charge is 0.367 e. The summed E-state index contributed by atoms with van der Waals surface area (Å²) >= 11 is 0. The number of nitro groups is 1. The Kier molecular flexibility index (Phi) is 4.07. The maximum absolute atomic E-state index is 11.1. The Morgan fingerprint density at radius 2 is 1.89 bits per heavy atom. The number of hydrogen-bond acceptors (Lipinski definition) is 8. The molecule has 1 aromatic rings. The molecule has 0 saturated carbocycles. The van der Waals surface area contributed by atoms with E-state index in [-0.39, 0.29) is 17.3 Å². The van der Waals surface area contributed by atoms with Gasteiger partial charge in [0, 0.05) is 33.2 Å². The van der Waals surface area contributed by atoms with Crippen LogP contribution in [0.1, 0.15) is 0 Å². The molecular formula is C10H17N7O2.